The van der Waals surface area contributed by atoms with Crippen molar-refractivity contribution >= 4 is 5.91 Å². The van der Waals surface area contributed by atoms with Crippen LogP contribution in [-0.2, 0) is 11.2 Å². The smallest absolute Gasteiger partial charge is 0.251 e. The summed E-state index contributed by atoms with van der Waals surface area (Å²) in [6, 6.07) is 6.96. The third-order valence-corrected chi connectivity index (χ3v) is 4.11. The highest BCUT2D eigenvalue weighted by atomic mass is 19.1. The lowest BCUT2D eigenvalue weighted by atomic mass is 10.1. The number of nitrogens with zero attached hydrogens (tertiary/aromatic N) is 1. The van der Waals surface area contributed by atoms with Gasteiger partial charge in [-0.1, -0.05) is 18.2 Å². The van der Waals surface area contributed by atoms with Crippen molar-refractivity contribution in [1.29, 1.82) is 0 Å². The number of hydrogen-bond donors (Lipinski definition) is 1. The number of rotatable bonds is 5. The number of carbonyl (C=O) groups excluding carboxylic acids is 1. The molecule has 1 amide bonds. The van der Waals surface area contributed by atoms with Crippen LogP contribution in [0.1, 0.15) is 24.8 Å². The summed E-state index contributed by atoms with van der Waals surface area (Å²) >= 11 is 0. The molecule has 1 fully saturated rings. The van der Waals surface area contributed by atoms with Gasteiger partial charge in [0.1, 0.15) is 5.82 Å². The Morgan fingerprint density at radius 2 is 2.05 bits per heavy atom. The zero-order valence-electron chi connectivity index (χ0n) is 12.1. The van der Waals surface area contributed by atoms with Crippen LogP contribution < -0.4 is 5.32 Å². The van der Waals surface area contributed by atoms with Gasteiger partial charge in [-0.2, -0.15) is 0 Å². The highest BCUT2D eigenvalue weighted by Crippen LogP contribution is 2.28. The molecule has 3 rings (SSSR count). The molecule has 1 aliphatic heterocycles. The Hall–Kier alpha value is -1.68. The Labute approximate surface area is 124 Å². The number of nitrogens with one attached hydrogen (secondary N) is 1. The standard InChI is InChI=1S/C17H21FN2O/c18-15-5-3-13(4-6-15)9-11-20(16-7-8-16)17(21)14-2-1-10-19-12-14/h2-6,16,19H,1,7-12H2. The van der Waals surface area contributed by atoms with Crippen molar-refractivity contribution in [2.24, 2.45) is 0 Å². The first-order valence-electron chi connectivity index (χ1n) is 7.69. The van der Waals surface area contributed by atoms with E-state index >= 15 is 0 Å². The first kappa shape index (κ1) is 14.3. The zero-order valence-corrected chi connectivity index (χ0v) is 12.1. The van der Waals surface area contributed by atoms with Crippen LogP contribution in [0.15, 0.2) is 35.9 Å². The second-order valence-electron chi connectivity index (χ2n) is 5.80. The molecule has 1 N–H and O–H groups in total. The number of carbonyl (C=O) groups is 1. The monoisotopic (exact) mass is 288 g/mol. The summed E-state index contributed by atoms with van der Waals surface area (Å²) in [5.41, 5.74) is 1.97. The lowest BCUT2D eigenvalue weighted by Crippen LogP contribution is -2.39. The fraction of sp³-hybridized carbons (Fsp3) is 0.471. The zero-order chi connectivity index (χ0) is 14.7. The van der Waals surface area contributed by atoms with Crippen molar-refractivity contribution in [1.82, 2.24) is 10.2 Å². The van der Waals surface area contributed by atoms with Crippen molar-refractivity contribution in [3.8, 4) is 0 Å². The number of hydrogen-bond acceptors (Lipinski definition) is 2. The summed E-state index contributed by atoms with van der Waals surface area (Å²) in [5.74, 6) is -0.0425. The van der Waals surface area contributed by atoms with Gasteiger partial charge in [0.15, 0.2) is 0 Å². The molecule has 1 saturated carbocycles. The molecule has 21 heavy (non-hydrogen) atoms. The molecule has 0 unspecified atom stereocenters. The molecule has 112 valence electrons. The quantitative estimate of drug-likeness (QED) is 0.901. The normalized spacial score (nSPS) is 18.2. The van der Waals surface area contributed by atoms with E-state index in [4.69, 9.17) is 0 Å². The van der Waals surface area contributed by atoms with Crippen molar-refractivity contribution in [2.45, 2.75) is 31.7 Å². The Morgan fingerprint density at radius 3 is 2.67 bits per heavy atom. The largest absolute Gasteiger partial charge is 0.336 e. The molecule has 0 atom stereocenters. The third kappa shape index (κ3) is 3.70. The maximum atomic E-state index is 12.9. The molecular formula is C17H21FN2O. The number of benzene rings is 1. The first-order valence-corrected chi connectivity index (χ1v) is 7.69. The predicted octanol–water partition coefficient (Wildman–Crippen LogP) is 2.28. The Morgan fingerprint density at radius 1 is 1.29 bits per heavy atom. The van der Waals surface area contributed by atoms with E-state index in [0.29, 0.717) is 19.1 Å². The minimum Gasteiger partial charge on any atom is -0.336 e. The van der Waals surface area contributed by atoms with Crippen LogP contribution in [0.2, 0.25) is 0 Å². The van der Waals surface area contributed by atoms with Gasteiger partial charge in [-0.25, -0.2) is 4.39 Å². The van der Waals surface area contributed by atoms with Crippen molar-refractivity contribution in [3.63, 3.8) is 0 Å². The SMILES string of the molecule is O=C(C1=CCCNC1)N(CCc1ccc(F)cc1)C1CC1. The second-order valence-corrected chi connectivity index (χ2v) is 5.80. The highest BCUT2D eigenvalue weighted by molar-refractivity contribution is 5.94. The van der Waals surface area contributed by atoms with E-state index in [1.54, 1.807) is 12.1 Å². The molecule has 1 aromatic rings. The molecule has 1 heterocycles. The van der Waals surface area contributed by atoms with Crippen LogP contribution in [0, 0.1) is 5.82 Å². The maximum absolute atomic E-state index is 12.9. The van der Waals surface area contributed by atoms with Crippen LogP contribution in [0.5, 0.6) is 0 Å². The minimum absolute atomic E-state index is 0.173. The van der Waals surface area contributed by atoms with E-state index in [0.717, 1.165) is 43.4 Å². The number of amides is 1. The summed E-state index contributed by atoms with van der Waals surface area (Å²) in [4.78, 5) is 14.6. The van der Waals surface area contributed by atoms with Gasteiger partial charge < -0.3 is 10.2 Å². The van der Waals surface area contributed by atoms with Crippen LogP contribution in [0.3, 0.4) is 0 Å². The van der Waals surface area contributed by atoms with Crippen molar-refractivity contribution in [2.75, 3.05) is 19.6 Å². The molecule has 4 heteroatoms. The lowest BCUT2D eigenvalue weighted by Gasteiger charge is -2.25. The molecule has 3 nitrogen and oxygen atoms in total. The van der Waals surface area contributed by atoms with Crippen LogP contribution in [-0.4, -0.2) is 36.5 Å². The average Bonchev–Trinajstić information content (AvgIpc) is 3.35. The molecule has 1 aliphatic carbocycles. The van der Waals surface area contributed by atoms with Gasteiger partial charge in [0.25, 0.3) is 5.91 Å². The second kappa shape index (κ2) is 6.39. The summed E-state index contributed by atoms with van der Waals surface area (Å²) < 4.78 is 12.9. The van der Waals surface area contributed by atoms with E-state index in [1.807, 2.05) is 4.90 Å². The fourth-order valence-electron chi connectivity index (χ4n) is 2.73. The van der Waals surface area contributed by atoms with Gasteiger partial charge in [0.05, 0.1) is 0 Å². The lowest BCUT2D eigenvalue weighted by molar-refractivity contribution is -0.127. The fourth-order valence-corrected chi connectivity index (χ4v) is 2.73. The molecule has 0 bridgehead atoms. The minimum atomic E-state index is -0.215. The maximum Gasteiger partial charge on any atom is 0.251 e. The first-order chi connectivity index (χ1) is 10.2. The molecule has 2 aliphatic rings. The van der Waals surface area contributed by atoms with Crippen LogP contribution in [0.4, 0.5) is 4.39 Å². The Balaban J connectivity index is 1.63. The molecule has 1 aromatic carbocycles. The predicted molar refractivity (Wildman–Crippen MR) is 80.4 cm³/mol. The van der Waals surface area contributed by atoms with Gasteiger partial charge in [-0.3, -0.25) is 4.79 Å². The van der Waals surface area contributed by atoms with E-state index in [-0.39, 0.29) is 11.7 Å². The third-order valence-electron chi connectivity index (χ3n) is 4.11. The molecule has 0 spiro atoms. The molecule has 0 aromatic heterocycles. The summed E-state index contributed by atoms with van der Waals surface area (Å²) in [5, 5.41) is 3.25. The van der Waals surface area contributed by atoms with Crippen molar-refractivity contribution < 1.29 is 9.18 Å². The van der Waals surface area contributed by atoms with E-state index < -0.39 is 0 Å². The topological polar surface area (TPSA) is 32.3 Å². The Kier molecular flexibility index (Phi) is 4.34. The van der Waals surface area contributed by atoms with Gasteiger partial charge in [0, 0.05) is 24.7 Å². The van der Waals surface area contributed by atoms with Crippen molar-refractivity contribution in [3.05, 3.63) is 47.3 Å². The van der Waals surface area contributed by atoms with Gasteiger partial charge in [-0.05, 0) is 49.9 Å². The summed E-state index contributed by atoms with van der Waals surface area (Å²) in [6.07, 6.45) is 5.98. The Bertz CT molecular complexity index is 534. The van der Waals surface area contributed by atoms with Gasteiger partial charge in [0.2, 0.25) is 0 Å². The van der Waals surface area contributed by atoms with E-state index in [1.165, 1.54) is 12.1 Å². The summed E-state index contributed by atoms with van der Waals surface area (Å²) in [7, 11) is 0. The highest BCUT2D eigenvalue weighted by Gasteiger charge is 2.33. The van der Waals surface area contributed by atoms with Gasteiger partial charge >= 0.3 is 0 Å². The van der Waals surface area contributed by atoms with Gasteiger partial charge in [-0.15, -0.1) is 0 Å². The molecule has 0 saturated heterocycles. The average molecular weight is 288 g/mol. The summed E-state index contributed by atoms with van der Waals surface area (Å²) in [6.45, 7) is 2.35. The van der Waals surface area contributed by atoms with E-state index in [2.05, 4.69) is 11.4 Å². The molecule has 0 radical (unpaired) electrons. The van der Waals surface area contributed by atoms with Crippen LogP contribution >= 0.6 is 0 Å². The molecular weight excluding hydrogens is 267 g/mol. The van der Waals surface area contributed by atoms with Crippen LogP contribution in [0.25, 0.3) is 0 Å². The number of halogens is 1. The van der Waals surface area contributed by atoms with E-state index in [9.17, 15) is 9.18 Å².